The monoisotopic (exact) mass is 335 g/mol. The number of hydrogen-bond donors (Lipinski definition) is 2. The van der Waals surface area contributed by atoms with Crippen LogP contribution in [-0.2, 0) is 11.2 Å². The second kappa shape index (κ2) is 7.57. The van der Waals surface area contributed by atoms with Crippen LogP contribution in [0.1, 0.15) is 5.56 Å². The van der Waals surface area contributed by atoms with Crippen molar-refractivity contribution in [1.82, 2.24) is 4.98 Å². The van der Waals surface area contributed by atoms with Crippen molar-refractivity contribution in [2.24, 2.45) is 5.73 Å². The van der Waals surface area contributed by atoms with Crippen LogP contribution in [-0.4, -0.2) is 16.9 Å². The van der Waals surface area contributed by atoms with E-state index in [1.165, 1.54) is 12.1 Å². The number of halogens is 1. The second-order valence-corrected chi connectivity index (χ2v) is 5.75. The van der Waals surface area contributed by atoms with Gasteiger partial charge in [-0.3, -0.25) is 9.78 Å². The highest BCUT2D eigenvalue weighted by atomic mass is 19.1. The Labute approximate surface area is 145 Å². The lowest BCUT2D eigenvalue weighted by molar-refractivity contribution is -0.118. The highest BCUT2D eigenvalue weighted by molar-refractivity contribution is 5.83. The summed E-state index contributed by atoms with van der Waals surface area (Å²) in [7, 11) is 0. The SMILES string of the molecule is NC(=O)[C@@H](Cc1cccc(F)c1)Nc1ccc(-c2ccncc2)cc1. The van der Waals surface area contributed by atoms with Crippen molar-refractivity contribution in [3.63, 3.8) is 0 Å². The number of primary amides is 1. The number of aromatic nitrogens is 1. The fourth-order valence-corrected chi connectivity index (χ4v) is 2.63. The van der Waals surface area contributed by atoms with Gasteiger partial charge in [-0.15, -0.1) is 0 Å². The highest BCUT2D eigenvalue weighted by Gasteiger charge is 2.16. The summed E-state index contributed by atoms with van der Waals surface area (Å²) in [6.45, 7) is 0. The Bertz CT molecular complexity index is 850. The summed E-state index contributed by atoms with van der Waals surface area (Å²) in [6.07, 6.45) is 3.80. The fourth-order valence-electron chi connectivity index (χ4n) is 2.63. The van der Waals surface area contributed by atoms with Gasteiger partial charge in [0.25, 0.3) is 0 Å². The number of amides is 1. The van der Waals surface area contributed by atoms with Gasteiger partial charge < -0.3 is 11.1 Å². The lowest BCUT2D eigenvalue weighted by Gasteiger charge is -2.17. The molecule has 0 saturated heterocycles. The van der Waals surface area contributed by atoms with Gasteiger partial charge in [-0.05, 0) is 53.1 Å². The molecule has 0 saturated carbocycles. The zero-order valence-electron chi connectivity index (χ0n) is 13.5. The number of nitrogens with one attached hydrogen (secondary N) is 1. The van der Waals surface area contributed by atoms with E-state index < -0.39 is 11.9 Å². The van der Waals surface area contributed by atoms with Crippen molar-refractivity contribution in [2.45, 2.75) is 12.5 Å². The average molecular weight is 335 g/mol. The molecule has 3 rings (SSSR count). The zero-order valence-corrected chi connectivity index (χ0v) is 13.5. The van der Waals surface area contributed by atoms with E-state index in [1.807, 2.05) is 36.4 Å². The summed E-state index contributed by atoms with van der Waals surface area (Å²) in [6, 6.07) is 17.1. The van der Waals surface area contributed by atoms with E-state index in [0.29, 0.717) is 12.0 Å². The van der Waals surface area contributed by atoms with Gasteiger partial charge >= 0.3 is 0 Å². The number of anilines is 1. The van der Waals surface area contributed by atoms with Gasteiger partial charge in [-0.1, -0.05) is 24.3 Å². The number of benzene rings is 2. The van der Waals surface area contributed by atoms with Crippen molar-refractivity contribution in [1.29, 1.82) is 0 Å². The second-order valence-electron chi connectivity index (χ2n) is 5.75. The minimum atomic E-state index is -0.617. The summed E-state index contributed by atoms with van der Waals surface area (Å²) in [4.78, 5) is 15.7. The first kappa shape index (κ1) is 16.6. The molecular weight excluding hydrogens is 317 g/mol. The summed E-state index contributed by atoms with van der Waals surface area (Å²) in [5.41, 5.74) is 9.09. The Morgan fingerprint density at radius 2 is 1.72 bits per heavy atom. The molecule has 3 aromatic rings. The lowest BCUT2D eigenvalue weighted by atomic mass is 10.0. The van der Waals surface area contributed by atoms with Crippen LogP contribution in [0.4, 0.5) is 10.1 Å². The number of carbonyl (C=O) groups is 1. The van der Waals surface area contributed by atoms with E-state index in [4.69, 9.17) is 5.73 Å². The van der Waals surface area contributed by atoms with Gasteiger partial charge in [0.05, 0.1) is 0 Å². The van der Waals surface area contributed by atoms with Crippen LogP contribution in [0.3, 0.4) is 0 Å². The Morgan fingerprint density at radius 1 is 1.04 bits per heavy atom. The fraction of sp³-hybridized carbons (Fsp3) is 0.100. The molecule has 0 aliphatic carbocycles. The molecule has 0 aliphatic heterocycles. The van der Waals surface area contributed by atoms with Crippen LogP contribution in [0.5, 0.6) is 0 Å². The first-order valence-electron chi connectivity index (χ1n) is 7.92. The van der Waals surface area contributed by atoms with E-state index in [2.05, 4.69) is 10.3 Å². The zero-order chi connectivity index (χ0) is 17.6. The third kappa shape index (κ3) is 4.41. The third-order valence-electron chi connectivity index (χ3n) is 3.91. The number of pyridine rings is 1. The summed E-state index contributed by atoms with van der Waals surface area (Å²) in [5, 5.41) is 3.12. The molecule has 0 fully saturated rings. The molecule has 4 nitrogen and oxygen atoms in total. The van der Waals surface area contributed by atoms with Gasteiger partial charge in [0.1, 0.15) is 11.9 Å². The lowest BCUT2D eigenvalue weighted by Crippen LogP contribution is -2.37. The van der Waals surface area contributed by atoms with Gasteiger partial charge in [0, 0.05) is 24.5 Å². The van der Waals surface area contributed by atoms with Crippen LogP contribution in [0.2, 0.25) is 0 Å². The van der Waals surface area contributed by atoms with Gasteiger partial charge in [0.15, 0.2) is 0 Å². The minimum Gasteiger partial charge on any atom is -0.373 e. The summed E-state index contributed by atoms with van der Waals surface area (Å²) >= 11 is 0. The molecule has 0 aliphatic rings. The molecule has 2 aromatic carbocycles. The van der Waals surface area contributed by atoms with Crippen molar-refractivity contribution >= 4 is 11.6 Å². The van der Waals surface area contributed by atoms with Gasteiger partial charge in [-0.25, -0.2) is 4.39 Å². The normalized spacial score (nSPS) is 11.7. The maximum Gasteiger partial charge on any atom is 0.240 e. The van der Waals surface area contributed by atoms with Crippen molar-refractivity contribution in [2.75, 3.05) is 5.32 Å². The summed E-state index contributed by atoms with van der Waals surface area (Å²) in [5.74, 6) is -0.815. The van der Waals surface area contributed by atoms with E-state index in [0.717, 1.165) is 16.8 Å². The quantitative estimate of drug-likeness (QED) is 0.725. The van der Waals surface area contributed by atoms with Crippen molar-refractivity contribution in [3.05, 3.63) is 84.4 Å². The predicted molar refractivity (Wildman–Crippen MR) is 96.4 cm³/mol. The maximum absolute atomic E-state index is 13.3. The van der Waals surface area contributed by atoms with Crippen molar-refractivity contribution < 1.29 is 9.18 Å². The van der Waals surface area contributed by atoms with Gasteiger partial charge in [-0.2, -0.15) is 0 Å². The molecule has 0 radical (unpaired) electrons. The molecule has 1 heterocycles. The van der Waals surface area contributed by atoms with Gasteiger partial charge in [0.2, 0.25) is 5.91 Å². The Morgan fingerprint density at radius 3 is 2.36 bits per heavy atom. The number of nitrogens with zero attached hydrogens (tertiary/aromatic N) is 1. The largest absolute Gasteiger partial charge is 0.373 e. The van der Waals surface area contributed by atoms with Crippen LogP contribution in [0.25, 0.3) is 11.1 Å². The number of carbonyl (C=O) groups excluding carboxylic acids is 1. The molecular formula is C20H18FN3O. The number of hydrogen-bond acceptors (Lipinski definition) is 3. The number of nitrogens with two attached hydrogens (primary N) is 1. The van der Waals surface area contributed by atoms with E-state index >= 15 is 0 Å². The molecule has 126 valence electrons. The standard InChI is InChI=1S/C20H18FN3O/c21-17-3-1-2-14(12-17)13-19(20(22)25)24-18-6-4-15(5-7-18)16-8-10-23-11-9-16/h1-12,19,24H,13H2,(H2,22,25)/t19-/m1/s1. The average Bonchev–Trinajstić information content (AvgIpc) is 2.62. The minimum absolute atomic E-state index is 0.319. The van der Waals surface area contributed by atoms with Crippen LogP contribution < -0.4 is 11.1 Å². The number of rotatable bonds is 6. The highest BCUT2D eigenvalue weighted by Crippen LogP contribution is 2.21. The predicted octanol–water partition coefficient (Wildman–Crippen LogP) is 3.40. The first-order valence-corrected chi connectivity index (χ1v) is 7.92. The van der Waals surface area contributed by atoms with E-state index in [1.54, 1.807) is 24.5 Å². The Kier molecular flexibility index (Phi) is 5.04. The molecule has 3 N–H and O–H groups in total. The topological polar surface area (TPSA) is 68.0 Å². The first-order chi connectivity index (χ1) is 12.1. The Balaban J connectivity index is 1.73. The molecule has 1 amide bonds. The van der Waals surface area contributed by atoms with Crippen LogP contribution in [0.15, 0.2) is 73.1 Å². The molecule has 0 bridgehead atoms. The molecule has 1 atom stereocenters. The molecule has 0 spiro atoms. The van der Waals surface area contributed by atoms with Crippen LogP contribution >= 0.6 is 0 Å². The smallest absolute Gasteiger partial charge is 0.240 e. The maximum atomic E-state index is 13.3. The Hall–Kier alpha value is -3.21. The van der Waals surface area contributed by atoms with Crippen LogP contribution in [0, 0.1) is 5.82 Å². The molecule has 0 unspecified atom stereocenters. The van der Waals surface area contributed by atoms with E-state index in [9.17, 15) is 9.18 Å². The molecule has 5 heteroatoms. The molecule has 25 heavy (non-hydrogen) atoms. The third-order valence-corrected chi connectivity index (χ3v) is 3.91. The molecule has 1 aromatic heterocycles. The summed E-state index contributed by atoms with van der Waals surface area (Å²) < 4.78 is 13.3. The van der Waals surface area contributed by atoms with E-state index in [-0.39, 0.29) is 5.82 Å². The van der Waals surface area contributed by atoms with Crippen molar-refractivity contribution in [3.8, 4) is 11.1 Å².